The van der Waals surface area contributed by atoms with Gasteiger partial charge in [-0.05, 0) is 30.0 Å². The summed E-state index contributed by atoms with van der Waals surface area (Å²) in [7, 11) is 0. The number of aromatic nitrogens is 2. The van der Waals surface area contributed by atoms with Crippen molar-refractivity contribution in [3.63, 3.8) is 0 Å². The van der Waals surface area contributed by atoms with Crippen LogP contribution in [0.4, 0.5) is 0 Å². The first-order valence-electron chi connectivity index (χ1n) is 6.23. The zero-order chi connectivity index (χ0) is 13.3. The second-order valence-corrected chi connectivity index (χ2v) is 5.83. The molecule has 0 N–H and O–H groups in total. The molecule has 0 saturated heterocycles. The first kappa shape index (κ1) is 13.7. The Morgan fingerprint density at radius 2 is 2.00 bits per heavy atom. The van der Waals surface area contributed by atoms with Gasteiger partial charge in [0.05, 0.1) is 16.9 Å². The molecule has 1 aromatic heterocycles. The van der Waals surface area contributed by atoms with Crippen molar-refractivity contribution >= 4 is 34.2 Å². The molecule has 0 aliphatic heterocycles. The highest BCUT2D eigenvalue weighted by Gasteiger charge is 2.14. The smallest absolute Gasteiger partial charge is 0.124 e. The molecule has 1 atom stereocenters. The zero-order valence-corrected chi connectivity index (χ0v) is 12.5. The highest BCUT2D eigenvalue weighted by molar-refractivity contribution is 6.31. The van der Waals surface area contributed by atoms with Gasteiger partial charge in [-0.25, -0.2) is 4.98 Å². The number of fused-ring (bicyclic) bond motifs is 1. The molecular weight excluding hydrogens is 267 g/mol. The molecule has 4 heteroatoms. The molecule has 0 amide bonds. The molecule has 2 aromatic rings. The third kappa shape index (κ3) is 2.65. The molecule has 0 radical (unpaired) electrons. The largest absolute Gasteiger partial charge is 0.327 e. The molecule has 0 bridgehead atoms. The quantitative estimate of drug-likeness (QED) is 0.743. The van der Waals surface area contributed by atoms with Gasteiger partial charge in [-0.3, -0.25) is 0 Å². The second-order valence-electron chi connectivity index (χ2n) is 5.13. The van der Waals surface area contributed by atoms with E-state index in [0.29, 0.717) is 22.7 Å². The lowest BCUT2D eigenvalue weighted by atomic mass is 9.98. The van der Waals surface area contributed by atoms with E-state index in [0.717, 1.165) is 23.4 Å². The van der Waals surface area contributed by atoms with Crippen LogP contribution in [0.3, 0.4) is 0 Å². The lowest BCUT2D eigenvalue weighted by molar-refractivity contribution is 0.365. The lowest BCUT2D eigenvalue weighted by Gasteiger charge is -2.18. The molecule has 0 fully saturated rings. The first-order chi connectivity index (χ1) is 8.52. The summed E-state index contributed by atoms with van der Waals surface area (Å²) in [6, 6.07) is 5.82. The molecule has 2 rings (SSSR count). The van der Waals surface area contributed by atoms with Gasteiger partial charge in [-0.1, -0.05) is 32.4 Å². The van der Waals surface area contributed by atoms with Crippen LogP contribution >= 0.6 is 23.2 Å². The van der Waals surface area contributed by atoms with Crippen LogP contribution in [0.5, 0.6) is 0 Å². The van der Waals surface area contributed by atoms with Gasteiger partial charge in [-0.15, -0.1) is 11.6 Å². The van der Waals surface area contributed by atoms with Crippen LogP contribution < -0.4 is 0 Å². The Labute approximate surface area is 118 Å². The van der Waals surface area contributed by atoms with Gasteiger partial charge in [-0.2, -0.15) is 0 Å². The number of rotatable bonds is 4. The van der Waals surface area contributed by atoms with Crippen molar-refractivity contribution in [3.05, 3.63) is 29.0 Å². The molecule has 1 aromatic carbocycles. The predicted molar refractivity (Wildman–Crippen MR) is 78.3 cm³/mol. The fourth-order valence-corrected chi connectivity index (χ4v) is 2.33. The minimum Gasteiger partial charge on any atom is -0.327 e. The average molecular weight is 285 g/mol. The minimum absolute atomic E-state index is 0.428. The average Bonchev–Trinajstić information content (AvgIpc) is 2.66. The molecule has 98 valence electrons. The van der Waals surface area contributed by atoms with E-state index in [4.69, 9.17) is 23.2 Å². The maximum Gasteiger partial charge on any atom is 0.124 e. The van der Waals surface area contributed by atoms with E-state index in [1.807, 2.05) is 18.2 Å². The van der Waals surface area contributed by atoms with Gasteiger partial charge in [0.25, 0.3) is 0 Å². The Balaban J connectivity index is 2.47. The standard InChI is InChI=1S/C14H18Cl2N2/c1-9(2)10(3)8-18-13-5-4-11(16)6-12(13)17-14(18)7-15/h4-6,9-10H,7-8H2,1-3H3. The molecule has 0 aliphatic carbocycles. The fraction of sp³-hybridized carbons (Fsp3) is 0.500. The summed E-state index contributed by atoms with van der Waals surface area (Å²) in [4.78, 5) is 4.55. The van der Waals surface area contributed by atoms with Crippen LogP contribution in [-0.4, -0.2) is 9.55 Å². The van der Waals surface area contributed by atoms with Gasteiger partial charge < -0.3 is 4.57 Å². The fourth-order valence-electron chi connectivity index (χ4n) is 1.96. The summed E-state index contributed by atoms with van der Waals surface area (Å²) < 4.78 is 2.21. The number of hydrogen-bond donors (Lipinski definition) is 0. The summed E-state index contributed by atoms with van der Waals surface area (Å²) in [5, 5.41) is 0.713. The Morgan fingerprint density at radius 1 is 1.28 bits per heavy atom. The van der Waals surface area contributed by atoms with Gasteiger partial charge >= 0.3 is 0 Å². The molecule has 1 heterocycles. The molecule has 0 spiro atoms. The summed E-state index contributed by atoms with van der Waals surface area (Å²) in [5.74, 6) is 2.57. The Morgan fingerprint density at radius 3 is 2.61 bits per heavy atom. The highest BCUT2D eigenvalue weighted by atomic mass is 35.5. The number of alkyl halides is 1. The molecule has 0 aliphatic rings. The van der Waals surface area contributed by atoms with E-state index in [1.165, 1.54) is 0 Å². The SMILES string of the molecule is CC(C)C(C)Cn1c(CCl)nc2cc(Cl)ccc21. The second kappa shape index (κ2) is 5.50. The maximum absolute atomic E-state index is 6.00. The van der Waals surface area contributed by atoms with Gasteiger partial charge in [0.15, 0.2) is 0 Å². The molecule has 18 heavy (non-hydrogen) atoms. The summed E-state index contributed by atoms with van der Waals surface area (Å²) >= 11 is 12.0. The van der Waals surface area contributed by atoms with Crippen LogP contribution in [0, 0.1) is 11.8 Å². The number of benzene rings is 1. The summed E-state index contributed by atoms with van der Waals surface area (Å²) in [5.41, 5.74) is 2.04. The van der Waals surface area contributed by atoms with Crippen molar-refractivity contribution in [1.82, 2.24) is 9.55 Å². The third-order valence-electron chi connectivity index (χ3n) is 3.52. The van der Waals surface area contributed by atoms with Crippen LogP contribution in [0.1, 0.15) is 26.6 Å². The van der Waals surface area contributed by atoms with E-state index in [1.54, 1.807) is 0 Å². The zero-order valence-electron chi connectivity index (χ0n) is 11.0. The van der Waals surface area contributed by atoms with Gasteiger partial charge in [0, 0.05) is 11.6 Å². The van der Waals surface area contributed by atoms with E-state index in [9.17, 15) is 0 Å². The van der Waals surface area contributed by atoms with Gasteiger partial charge in [0.2, 0.25) is 0 Å². The van der Waals surface area contributed by atoms with E-state index < -0.39 is 0 Å². The normalized spacial score (nSPS) is 13.4. The Bertz CT molecular complexity index is 546. The van der Waals surface area contributed by atoms with Crippen molar-refractivity contribution in [3.8, 4) is 0 Å². The highest BCUT2D eigenvalue weighted by Crippen LogP contribution is 2.24. The van der Waals surface area contributed by atoms with E-state index in [2.05, 4.69) is 30.3 Å². The maximum atomic E-state index is 6.00. The van der Waals surface area contributed by atoms with Crippen molar-refractivity contribution in [2.75, 3.05) is 0 Å². The lowest BCUT2D eigenvalue weighted by Crippen LogP contribution is -2.14. The van der Waals surface area contributed by atoms with Crippen LogP contribution in [0.25, 0.3) is 11.0 Å². The van der Waals surface area contributed by atoms with E-state index in [-0.39, 0.29) is 0 Å². The van der Waals surface area contributed by atoms with Crippen molar-refractivity contribution in [1.29, 1.82) is 0 Å². The number of imidazole rings is 1. The summed E-state index contributed by atoms with van der Waals surface area (Å²) in [6.07, 6.45) is 0. The Hall–Kier alpha value is -0.730. The Kier molecular flexibility index (Phi) is 4.18. The van der Waals surface area contributed by atoms with Crippen LogP contribution in [0.2, 0.25) is 5.02 Å². The van der Waals surface area contributed by atoms with Crippen molar-refractivity contribution < 1.29 is 0 Å². The molecule has 2 nitrogen and oxygen atoms in total. The van der Waals surface area contributed by atoms with Crippen molar-refractivity contribution in [2.45, 2.75) is 33.2 Å². The number of hydrogen-bond acceptors (Lipinski definition) is 1. The minimum atomic E-state index is 0.428. The van der Waals surface area contributed by atoms with Crippen LogP contribution in [0.15, 0.2) is 18.2 Å². The number of halogens is 2. The van der Waals surface area contributed by atoms with Gasteiger partial charge in [0.1, 0.15) is 5.82 Å². The molecular formula is C14H18Cl2N2. The summed E-state index contributed by atoms with van der Waals surface area (Å²) in [6.45, 7) is 7.67. The number of nitrogens with zero attached hydrogens (tertiary/aromatic N) is 2. The molecule has 0 saturated carbocycles. The third-order valence-corrected chi connectivity index (χ3v) is 3.99. The topological polar surface area (TPSA) is 17.8 Å². The van der Waals surface area contributed by atoms with E-state index >= 15 is 0 Å². The molecule has 1 unspecified atom stereocenters. The van der Waals surface area contributed by atoms with Crippen molar-refractivity contribution in [2.24, 2.45) is 11.8 Å². The first-order valence-corrected chi connectivity index (χ1v) is 7.14. The predicted octanol–water partition coefficient (Wildman–Crippen LogP) is 4.72. The monoisotopic (exact) mass is 284 g/mol. The van der Waals surface area contributed by atoms with Crippen LogP contribution in [-0.2, 0) is 12.4 Å².